The van der Waals surface area contributed by atoms with E-state index in [1.165, 1.54) is 32.1 Å². The number of amides is 1. The molecule has 0 aliphatic heterocycles. The highest BCUT2D eigenvalue weighted by Gasteiger charge is 2.40. The van der Waals surface area contributed by atoms with Gasteiger partial charge in [-0.2, -0.15) is 0 Å². The number of carbonyl (C=O) groups excluding carboxylic acids is 1. The van der Waals surface area contributed by atoms with Crippen LogP contribution in [-0.2, 0) is 4.79 Å². The number of rotatable bonds is 9. The molecule has 2 atom stereocenters. The lowest BCUT2D eigenvalue weighted by Crippen LogP contribution is -2.57. The summed E-state index contributed by atoms with van der Waals surface area (Å²) in [6.45, 7) is 8.42. The van der Waals surface area contributed by atoms with Gasteiger partial charge in [0.25, 0.3) is 0 Å². The Labute approximate surface area is 131 Å². The minimum Gasteiger partial charge on any atom is -0.341 e. The summed E-state index contributed by atoms with van der Waals surface area (Å²) in [7, 11) is 0. The number of unbranched alkanes of at least 4 members (excludes halogenated alkanes) is 4. The van der Waals surface area contributed by atoms with Crippen LogP contribution in [0.15, 0.2) is 0 Å². The Kier molecular flexibility index (Phi) is 8.31. The van der Waals surface area contributed by atoms with Crippen LogP contribution >= 0.6 is 0 Å². The summed E-state index contributed by atoms with van der Waals surface area (Å²) >= 11 is 0. The molecule has 0 saturated heterocycles. The zero-order chi connectivity index (χ0) is 15.7. The van der Waals surface area contributed by atoms with Crippen molar-refractivity contribution in [3.63, 3.8) is 0 Å². The molecule has 0 aromatic heterocycles. The highest BCUT2D eigenvalue weighted by molar-refractivity contribution is 5.86. The lowest BCUT2D eigenvalue weighted by atomic mass is 9.76. The van der Waals surface area contributed by atoms with E-state index in [4.69, 9.17) is 5.73 Å². The molecule has 0 heterocycles. The second kappa shape index (κ2) is 9.45. The van der Waals surface area contributed by atoms with Crippen LogP contribution in [0.1, 0.15) is 85.0 Å². The second-order valence-electron chi connectivity index (χ2n) is 7.06. The van der Waals surface area contributed by atoms with Crippen molar-refractivity contribution in [1.82, 2.24) is 4.90 Å². The van der Waals surface area contributed by atoms with E-state index in [-0.39, 0.29) is 5.91 Å². The fourth-order valence-electron chi connectivity index (χ4n) is 3.52. The summed E-state index contributed by atoms with van der Waals surface area (Å²) < 4.78 is 0. The van der Waals surface area contributed by atoms with Crippen LogP contribution < -0.4 is 5.73 Å². The zero-order valence-corrected chi connectivity index (χ0v) is 14.5. The average Bonchev–Trinajstić information content (AvgIpc) is 2.45. The third-order valence-corrected chi connectivity index (χ3v) is 4.81. The van der Waals surface area contributed by atoms with E-state index in [1.54, 1.807) is 0 Å². The van der Waals surface area contributed by atoms with Crippen LogP contribution in [0.5, 0.6) is 0 Å². The van der Waals surface area contributed by atoms with E-state index in [2.05, 4.69) is 25.7 Å². The van der Waals surface area contributed by atoms with Gasteiger partial charge >= 0.3 is 0 Å². The van der Waals surface area contributed by atoms with E-state index in [1.807, 2.05) is 0 Å². The van der Waals surface area contributed by atoms with Gasteiger partial charge in [-0.3, -0.25) is 4.79 Å². The molecule has 1 fully saturated rings. The van der Waals surface area contributed by atoms with Gasteiger partial charge in [0.05, 0.1) is 5.54 Å². The average molecular weight is 296 g/mol. The lowest BCUT2D eigenvalue weighted by Gasteiger charge is -2.39. The Bertz CT molecular complexity index is 296. The van der Waals surface area contributed by atoms with E-state index in [9.17, 15) is 4.79 Å². The summed E-state index contributed by atoms with van der Waals surface area (Å²) in [4.78, 5) is 15.0. The van der Waals surface area contributed by atoms with E-state index >= 15 is 0 Å². The molecule has 2 N–H and O–H groups in total. The van der Waals surface area contributed by atoms with E-state index in [0.29, 0.717) is 5.92 Å². The lowest BCUT2D eigenvalue weighted by molar-refractivity contribution is -0.139. The standard InChI is InChI=1S/C18H36N2O/c1-4-6-8-13-20(14-9-7-5-2)17(21)18(19)12-10-11-16(3)15-18/h16H,4-15,19H2,1-3H3. The zero-order valence-electron chi connectivity index (χ0n) is 14.5. The second-order valence-corrected chi connectivity index (χ2v) is 7.06. The van der Waals surface area contributed by atoms with Crippen LogP contribution in [0.25, 0.3) is 0 Å². The Balaban J connectivity index is 2.62. The van der Waals surface area contributed by atoms with Gasteiger partial charge in [-0.15, -0.1) is 0 Å². The molecule has 1 amide bonds. The summed E-state index contributed by atoms with van der Waals surface area (Å²) in [5, 5.41) is 0. The molecule has 1 aliphatic rings. The van der Waals surface area contributed by atoms with Crippen LogP contribution in [0.4, 0.5) is 0 Å². The normalized spacial score (nSPS) is 25.8. The maximum atomic E-state index is 13.0. The molecule has 0 spiro atoms. The van der Waals surface area contributed by atoms with Crippen molar-refractivity contribution in [2.24, 2.45) is 11.7 Å². The van der Waals surface area contributed by atoms with Crippen molar-refractivity contribution in [2.75, 3.05) is 13.1 Å². The van der Waals surface area contributed by atoms with Crippen molar-refractivity contribution in [3.8, 4) is 0 Å². The van der Waals surface area contributed by atoms with Gasteiger partial charge in [0.1, 0.15) is 0 Å². The van der Waals surface area contributed by atoms with Crippen molar-refractivity contribution < 1.29 is 4.79 Å². The first-order chi connectivity index (χ1) is 10.0. The molecule has 124 valence electrons. The van der Waals surface area contributed by atoms with Gasteiger partial charge in [0, 0.05) is 13.1 Å². The third-order valence-electron chi connectivity index (χ3n) is 4.81. The van der Waals surface area contributed by atoms with Crippen LogP contribution in [0, 0.1) is 5.92 Å². The van der Waals surface area contributed by atoms with Gasteiger partial charge in [-0.05, 0) is 31.6 Å². The number of carbonyl (C=O) groups is 1. The number of hydrogen-bond donors (Lipinski definition) is 1. The smallest absolute Gasteiger partial charge is 0.242 e. The number of nitrogens with zero attached hydrogens (tertiary/aromatic N) is 1. The summed E-state index contributed by atoms with van der Waals surface area (Å²) in [6, 6.07) is 0. The predicted molar refractivity (Wildman–Crippen MR) is 90.2 cm³/mol. The minimum absolute atomic E-state index is 0.223. The molecule has 1 rings (SSSR count). The molecule has 2 unspecified atom stereocenters. The van der Waals surface area contributed by atoms with E-state index < -0.39 is 5.54 Å². The first-order valence-electron chi connectivity index (χ1n) is 9.11. The molecule has 0 radical (unpaired) electrons. The van der Waals surface area contributed by atoms with Gasteiger partial charge < -0.3 is 10.6 Å². The number of nitrogens with two attached hydrogens (primary N) is 1. The van der Waals surface area contributed by atoms with Crippen molar-refractivity contribution in [1.29, 1.82) is 0 Å². The Morgan fingerprint density at radius 1 is 1.14 bits per heavy atom. The fourth-order valence-corrected chi connectivity index (χ4v) is 3.52. The maximum Gasteiger partial charge on any atom is 0.242 e. The molecular formula is C18H36N2O. The summed E-state index contributed by atoms with van der Waals surface area (Å²) in [5.41, 5.74) is 5.92. The molecule has 3 heteroatoms. The largest absolute Gasteiger partial charge is 0.341 e. The summed E-state index contributed by atoms with van der Waals surface area (Å²) in [6.07, 6.45) is 11.1. The quantitative estimate of drug-likeness (QED) is 0.651. The molecule has 21 heavy (non-hydrogen) atoms. The molecule has 1 saturated carbocycles. The maximum absolute atomic E-state index is 13.0. The topological polar surface area (TPSA) is 46.3 Å². The highest BCUT2D eigenvalue weighted by atomic mass is 16.2. The SMILES string of the molecule is CCCCCN(CCCCC)C(=O)C1(N)CCCC(C)C1. The molecule has 1 aliphatic carbocycles. The monoisotopic (exact) mass is 296 g/mol. The predicted octanol–water partition coefficient (Wildman–Crippen LogP) is 4.10. The molecule has 3 nitrogen and oxygen atoms in total. The van der Waals surface area contributed by atoms with Crippen LogP contribution in [-0.4, -0.2) is 29.4 Å². The van der Waals surface area contributed by atoms with Crippen LogP contribution in [0.3, 0.4) is 0 Å². The van der Waals surface area contributed by atoms with Crippen LogP contribution in [0.2, 0.25) is 0 Å². The Hall–Kier alpha value is -0.570. The van der Waals surface area contributed by atoms with Gasteiger partial charge in [-0.25, -0.2) is 0 Å². The Morgan fingerprint density at radius 2 is 1.71 bits per heavy atom. The van der Waals surface area contributed by atoms with Gasteiger partial charge in [0.15, 0.2) is 0 Å². The molecule has 0 aromatic carbocycles. The fraction of sp³-hybridized carbons (Fsp3) is 0.944. The van der Waals surface area contributed by atoms with Crippen molar-refractivity contribution >= 4 is 5.91 Å². The Morgan fingerprint density at radius 3 is 2.19 bits per heavy atom. The third kappa shape index (κ3) is 5.98. The van der Waals surface area contributed by atoms with Crippen molar-refractivity contribution in [2.45, 2.75) is 90.5 Å². The first kappa shape index (κ1) is 18.5. The minimum atomic E-state index is -0.587. The molecule has 0 bridgehead atoms. The molecule has 0 aromatic rings. The van der Waals surface area contributed by atoms with Gasteiger partial charge in [0.2, 0.25) is 5.91 Å². The van der Waals surface area contributed by atoms with Crippen molar-refractivity contribution in [3.05, 3.63) is 0 Å². The summed E-state index contributed by atoms with van der Waals surface area (Å²) in [5.74, 6) is 0.807. The number of hydrogen-bond acceptors (Lipinski definition) is 2. The highest BCUT2D eigenvalue weighted by Crippen LogP contribution is 2.32. The van der Waals surface area contributed by atoms with E-state index in [0.717, 1.165) is 45.2 Å². The first-order valence-corrected chi connectivity index (χ1v) is 9.11. The molecular weight excluding hydrogens is 260 g/mol. The van der Waals surface area contributed by atoms with Gasteiger partial charge in [-0.1, -0.05) is 59.3 Å².